The fraction of sp³-hybridized carbons (Fsp3) is 0.500. The first-order valence-corrected chi connectivity index (χ1v) is 5.16. The molecule has 1 heterocycles. The largest absolute Gasteiger partial charge is 0.320 e. The molecule has 1 rings (SSSR count). The Morgan fingerprint density at radius 2 is 2.31 bits per heavy atom. The van der Waals surface area contributed by atoms with Crippen molar-refractivity contribution in [3.05, 3.63) is 22.5 Å². The zero-order valence-corrected chi connectivity index (χ0v) is 9.36. The molecule has 0 fully saturated rings. The number of rotatable bonds is 4. The molecule has 0 saturated carbocycles. The van der Waals surface area contributed by atoms with Gasteiger partial charge in [0.2, 0.25) is 5.91 Å². The molecule has 1 amide bonds. The Morgan fingerprint density at radius 1 is 1.62 bits per heavy atom. The highest BCUT2D eigenvalue weighted by Crippen LogP contribution is 2.07. The van der Waals surface area contributed by atoms with Gasteiger partial charge in [-0.05, 0) is 12.0 Å². The van der Waals surface area contributed by atoms with E-state index in [9.17, 15) is 9.59 Å². The fourth-order valence-electron chi connectivity index (χ4n) is 1.14. The zero-order valence-electron chi connectivity index (χ0n) is 9.36. The van der Waals surface area contributed by atoms with Gasteiger partial charge in [0.05, 0.1) is 6.04 Å². The van der Waals surface area contributed by atoms with Gasteiger partial charge in [-0.2, -0.15) is 5.10 Å². The molecule has 0 aliphatic rings. The molecule has 1 aromatic rings. The summed E-state index contributed by atoms with van der Waals surface area (Å²) >= 11 is 0. The fourth-order valence-corrected chi connectivity index (χ4v) is 1.14. The van der Waals surface area contributed by atoms with Crippen molar-refractivity contribution in [3.8, 4) is 0 Å². The molecule has 6 nitrogen and oxygen atoms in total. The first-order valence-electron chi connectivity index (χ1n) is 5.16. The van der Waals surface area contributed by atoms with E-state index in [1.807, 2.05) is 13.8 Å². The lowest BCUT2D eigenvalue weighted by molar-refractivity contribution is -0.118. The van der Waals surface area contributed by atoms with Gasteiger partial charge < -0.3 is 11.1 Å². The number of nitrogens with two attached hydrogens (primary N) is 1. The summed E-state index contributed by atoms with van der Waals surface area (Å²) in [4.78, 5) is 22.4. The monoisotopic (exact) mass is 224 g/mol. The third-order valence-corrected chi connectivity index (χ3v) is 2.49. The van der Waals surface area contributed by atoms with Crippen LogP contribution in [0.2, 0.25) is 0 Å². The topological polar surface area (TPSA) is 101 Å². The average molecular weight is 224 g/mol. The lowest BCUT2D eigenvalue weighted by Gasteiger charge is -2.16. The first kappa shape index (κ1) is 12.4. The van der Waals surface area contributed by atoms with Crippen LogP contribution in [-0.4, -0.2) is 22.1 Å². The second kappa shape index (κ2) is 5.41. The molecule has 4 N–H and O–H groups in total. The van der Waals surface area contributed by atoms with Gasteiger partial charge in [-0.3, -0.25) is 9.59 Å². The van der Waals surface area contributed by atoms with Crippen LogP contribution in [0.15, 0.2) is 16.9 Å². The van der Waals surface area contributed by atoms with Crippen LogP contribution in [0, 0.1) is 5.92 Å². The number of nitrogens with zero attached hydrogens (tertiary/aromatic N) is 1. The standard InChI is InChI=1S/C10H16N4O2/c1-3-6(2)9(11)10(16)12-7-4-5-8(15)14-13-7/h4-6,9H,3,11H2,1-2H3,(H,14,15)(H,12,13,16)/t6?,9-/m0/s1. The van der Waals surface area contributed by atoms with E-state index >= 15 is 0 Å². The Hall–Kier alpha value is -1.69. The van der Waals surface area contributed by atoms with Gasteiger partial charge in [0.15, 0.2) is 5.82 Å². The number of anilines is 1. The maximum Gasteiger partial charge on any atom is 0.264 e. The van der Waals surface area contributed by atoms with Crippen molar-refractivity contribution in [3.63, 3.8) is 0 Å². The van der Waals surface area contributed by atoms with E-state index in [2.05, 4.69) is 15.5 Å². The van der Waals surface area contributed by atoms with Crippen LogP contribution in [0.1, 0.15) is 20.3 Å². The molecular formula is C10H16N4O2. The summed E-state index contributed by atoms with van der Waals surface area (Å²) in [5, 5.41) is 8.43. The van der Waals surface area contributed by atoms with Crippen LogP contribution in [0.3, 0.4) is 0 Å². The summed E-state index contributed by atoms with van der Waals surface area (Å²) in [6.45, 7) is 3.88. The van der Waals surface area contributed by atoms with Gasteiger partial charge in [0.25, 0.3) is 5.56 Å². The number of nitrogens with one attached hydrogen (secondary N) is 2. The van der Waals surface area contributed by atoms with Gasteiger partial charge in [-0.15, -0.1) is 0 Å². The number of hydrogen-bond donors (Lipinski definition) is 3. The molecule has 0 radical (unpaired) electrons. The molecule has 0 saturated heterocycles. The smallest absolute Gasteiger partial charge is 0.264 e. The maximum atomic E-state index is 11.6. The minimum absolute atomic E-state index is 0.0998. The van der Waals surface area contributed by atoms with Crippen molar-refractivity contribution >= 4 is 11.7 Å². The summed E-state index contributed by atoms with van der Waals surface area (Å²) in [6, 6.07) is 2.15. The number of H-pyrrole nitrogens is 1. The number of carbonyl (C=O) groups is 1. The van der Waals surface area contributed by atoms with Crippen LogP contribution in [-0.2, 0) is 4.79 Å². The van der Waals surface area contributed by atoms with Crippen molar-refractivity contribution in [2.45, 2.75) is 26.3 Å². The second-order valence-corrected chi connectivity index (χ2v) is 3.71. The normalized spacial score (nSPS) is 14.2. The molecule has 0 aromatic carbocycles. The van der Waals surface area contributed by atoms with E-state index in [4.69, 9.17) is 5.73 Å². The molecule has 0 aliphatic heterocycles. The lowest BCUT2D eigenvalue weighted by atomic mass is 9.99. The number of aromatic amines is 1. The molecule has 88 valence electrons. The first-order chi connectivity index (χ1) is 7.54. The van der Waals surface area contributed by atoms with Crippen molar-refractivity contribution in [1.29, 1.82) is 0 Å². The van der Waals surface area contributed by atoms with Gasteiger partial charge in [0.1, 0.15) is 0 Å². The molecular weight excluding hydrogens is 208 g/mol. The molecule has 2 atom stereocenters. The van der Waals surface area contributed by atoms with E-state index in [0.717, 1.165) is 6.42 Å². The van der Waals surface area contributed by atoms with Crippen molar-refractivity contribution in [2.75, 3.05) is 5.32 Å². The highest BCUT2D eigenvalue weighted by atomic mass is 16.2. The highest BCUT2D eigenvalue weighted by Gasteiger charge is 2.19. The van der Waals surface area contributed by atoms with Gasteiger partial charge in [0, 0.05) is 6.07 Å². The van der Waals surface area contributed by atoms with Gasteiger partial charge in [-0.1, -0.05) is 20.3 Å². The average Bonchev–Trinajstić information content (AvgIpc) is 2.30. The molecule has 16 heavy (non-hydrogen) atoms. The molecule has 1 aromatic heterocycles. The van der Waals surface area contributed by atoms with E-state index in [1.54, 1.807) is 0 Å². The third kappa shape index (κ3) is 3.16. The summed E-state index contributed by atoms with van der Waals surface area (Å²) in [5.41, 5.74) is 5.42. The minimum atomic E-state index is -0.571. The second-order valence-electron chi connectivity index (χ2n) is 3.71. The van der Waals surface area contributed by atoms with Crippen molar-refractivity contribution in [1.82, 2.24) is 10.2 Å². The van der Waals surface area contributed by atoms with Crippen LogP contribution in [0.5, 0.6) is 0 Å². The third-order valence-electron chi connectivity index (χ3n) is 2.49. The number of amides is 1. The van der Waals surface area contributed by atoms with Crippen LogP contribution < -0.4 is 16.6 Å². The lowest BCUT2D eigenvalue weighted by Crippen LogP contribution is -2.40. The van der Waals surface area contributed by atoms with Gasteiger partial charge in [-0.25, -0.2) is 5.10 Å². The predicted octanol–water partition coefficient (Wildman–Crippen LogP) is 0.0818. The number of aromatic nitrogens is 2. The van der Waals surface area contributed by atoms with Crippen molar-refractivity contribution < 1.29 is 4.79 Å². The quantitative estimate of drug-likeness (QED) is 0.674. The number of carbonyl (C=O) groups excluding carboxylic acids is 1. The SMILES string of the molecule is CCC(C)[C@H](N)C(=O)Nc1ccc(=O)[nH]n1. The maximum absolute atomic E-state index is 11.6. The van der Waals surface area contributed by atoms with E-state index < -0.39 is 6.04 Å². The Kier molecular flexibility index (Phi) is 4.19. The van der Waals surface area contributed by atoms with E-state index in [-0.39, 0.29) is 17.4 Å². The molecule has 0 aliphatic carbocycles. The summed E-state index contributed by atoms with van der Waals surface area (Å²) in [7, 11) is 0. The van der Waals surface area contributed by atoms with Gasteiger partial charge >= 0.3 is 0 Å². The summed E-state index contributed by atoms with van der Waals surface area (Å²) in [6.07, 6.45) is 0.827. The van der Waals surface area contributed by atoms with E-state index in [1.165, 1.54) is 12.1 Å². The Bertz CT molecular complexity index is 395. The van der Waals surface area contributed by atoms with E-state index in [0.29, 0.717) is 5.82 Å². The summed E-state index contributed by atoms with van der Waals surface area (Å²) < 4.78 is 0. The highest BCUT2D eigenvalue weighted by molar-refractivity contribution is 5.93. The molecule has 6 heteroatoms. The molecule has 1 unspecified atom stereocenters. The predicted molar refractivity (Wildman–Crippen MR) is 60.9 cm³/mol. The van der Waals surface area contributed by atoms with Crippen molar-refractivity contribution in [2.24, 2.45) is 11.7 Å². The molecule has 0 bridgehead atoms. The Balaban J connectivity index is 2.64. The zero-order chi connectivity index (χ0) is 12.1. The van der Waals surface area contributed by atoms with Crippen LogP contribution in [0.25, 0.3) is 0 Å². The minimum Gasteiger partial charge on any atom is -0.320 e. The summed E-state index contributed by atoms with van der Waals surface area (Å²) in [5.74, 6) is 0.0972. The number of hydrogen-bond acceptors (Lipinski definition) is 4. The van der Waals surface area contributed by atoms with Crippen LogP contribution >= 0.6 is 0 Å². The molecule has 0 spiro atoms. The Morgan fingerprint density at radius 3 is 2.81 bits per heavy atom. The van der Waals surface area contributed by atoms with Crippen LogP contribution in [0.4, 0.5) is 5.82 Å². The Labute approximate surface area is 93.2 Å².